The molecule has 5 heteroatoms. The summed E-state index contributed by atoms with van der Waals surface area (Å²) in [6.45, 7) is 1.36. The van der Waals surface area contributed by atoms with Crippen molar-refractivity contribution in [3.63, 3.8) is 0 Å². The number of rotatable bonds is 3. The Balaban J connectivity index is 1.73. The van der Waals surface area contributed by atoms with Gasteiger partial charge in [0.15, 0.2) is 5.82 Å². The molecule has 2 aromatic carbocycles. The third kappa shape index (κ3) is 2.96. The molecule has 1 aliphatic heterocycles. The highest BCUT2D eigenvalue weighted by Crippen LogP contribution is 2.22. The number of nitrogens with zero attached hydrogens (tertiary/aromatic N) is 5. The molecule has 0 saturated heterocycles. The highest BCUT2D eigenvalue weighted by Gasteiger charge is 2.23. The number of aromatic nitrogens is 2. The average Bonchev–Trinajstić information content (AvgIpc) is 2.70. The largest absolute Gasteiger partial charge is 0.346 e. The van der Waals surface area contributed by atoms with Crippen LogP contribution in [0.15, 0.2) is 84.2 Å². The van der Waals surface area contributed by atoms with E-state index in [0.717, 1.165) is 17.1 Å². The zero-order valence-corrected chi connectivity index (χ0v) is 13.2. The summed E-state index contributed by atoms with van der Waals surface area (Å²) in [6, 6.07) is 22.3. The van der Waals surface area contributed by atoms with Crippen LogP contribution in [0.25, 0.3) is 0 Å². The molecule has 118 valence electrons. The summed E-state index contributed by atoms with van der Waals surface area (Å²) in [6.07, 6.45) is 3.50. The molecule has 0 bridgehead atoms. The van der Waals surface area contributed by atoms with Crippen LogP contribution in [0, 0.1) is 0 Å². The van der Waals surface area contributed by atoms with E-state index >= 15 is 0 Å². The Morgan fingerprint density at radius 3 is 2.00 bits per heavy atom. The number of hydrogen-bond donors (Lipinski definition) is 0. The van der Waals surface area contributed by atoms with E-state index in [-0.39, 0.29) is 0 Å². The fraction of sp³-hybridized carbons (Fsp3) is 0.105. The second-order valence-corrected chi connectivity index (χ2v) is 5.53. The third-order valence-electron chi connectivity index (χ3n) is 3.89. The first kappa shape index (κ1) is 14.4. The molecule has 0 unspecified atom stereocenters. The van der Waals surface area contributed by atoms with Gasteiger partial charge in [-0.2, -0.15) is 5.10 Å². The number of hydrogen-bond acceptors (Lipinski definition) is 5. The van der Waals surface area contributed by atoms with Crippen LogP contribution in [0.5, 0.6) is 0 Å². The Morgan fingerprint density at radius 1 is 0.708 bits per heavy atom. The molecule has 1 aromatic heterocycles. The van der Waals surface area contributed by atoms with Gasteiger partial charge >= 0.3 is 0 Å². The van der Waals surface area contributed by atoms with E-state index in [9.17, 15) is 0 Å². The molecule has 0 spiro atoms. The van der Waals surface area contributed by atoms with E-state index in [1.165, 1.54) is 0 Å². The molecule has 1 aliphatic rings. The topological polar surface area (TPSA) is 44.6 Å². The summed E-state index contributed by atoms with van der Waals surface area (Å²) < 4.78 is 0. The fourth-order valence-corrected chi connectivity index (χ4v) is 2.72. The van der Waals surface area contributed by atoms with E-state index in [0.29, 0.717) is 19.0 Å². The minimum absolute atomic E-state index is 0.666. The van der Waals surface area contributed by atoms with Crippen LogP contribution in [0.4, 0.5) is 11.4 Å². The van der Waals surface area contributed by atoms with Gasteiger partial charge in [-0.25, -0.2) is 15.0 Å². The van der Waals surface area contributed by atoms with Gasteiger partial charge < -0.3 is 4.90 Å². The lowest BCUT2D eigenvalue weighted by molar-refractivity contribution is 0.754. The van der Waals surface area contributed by atoms with Gasteiger partial charge in [0, 0.05) is 18.1 Å². The SMILES string of the molecule is c1ccc(N2CC(c3ncccn3)=NN(c3ccccc3)C2)cc1. The van der Waals surface area contributed by atoms with Crippen LogP contribution in [0.2, 0.25) is 0 Å². The third-order valence-corrected chi connectivity index (χ3v) is 3.89. The molecule has 2 heterocycles. The molecular formula is C19H17N5. The second-order valence-electron chi connectivity index (χ2n) is 5.53. The maximum atomic E-state index is 4.78. The first-order valence-corrected chi connectivity index (χ1v) is 7.87. The van der Waals surface area contributed by atoms with Gasteiger partial charge in [-0.1, -0.05) is 36.4 Å². The van der Waals surface area contributed by atoms with E-state index in [4.69, 9.17) is 5.10 Å². The van der Waals surface area contributed by atoms with Crippen molar-refractivity contribution in [2.24, 2.45) is 5.10 Å². The Bertz CT molecular complexity index is 818. The molecule has 0 aliphatic carbocycles. The lowest BCUT2D eigenvalue weighted by Gasteiger charge is -2.35. The van der Waals surface area contributed by atoms with Gasteiger partial charge in [0.05, 0.1) is 12.2 Å². The number of anilines is 2. The minimum Gasteiger partial charge on any atom is -0.346 e. The van der Waals surface area contributed by atoms with Crippen LogP contribution in [0.1, 0.15) is 5.82 Å². The van der Waals surface area contributed by atoms with E-state index in [2.05, 4.69) is 39.1 Å². The van der Waals surface area contributed by atoms with Gasteiger partial charge in [-0.05, 0) is 30.3 Å². The Hall–Kier alpha value is -3.21. The lowest BCUT2D eigenvalue weighted by Crippen LogP contribution is -2.45. The number of benzene rings is 2. The molecule has 0 saturated carbocycles. The van der Waals surface area contributed by atoms with Gasteiger partial charge in [-0.3, -0.25) is 0 Å². The van der Waals surface area contributed by atoms with Crippen molar-refractivity contribution in [2.75, 3.05) is 23.1 Å². The normalized spacial score (nSPS) is 14.4. The lowest BCUT2D eigenvalue weighted by atomic mass is 10.2. The minimum atomic E-state index is 0.666. The van der Waals surface area contributed by atoms with Gasteiger partial charge in [0.2, 0.25) is 0 Å². The van der Waals surface area contributed by atoms with Gasteiger partial charge in [0.1, 0.15) is 12.4 Å². The van der Waals surface area contributed by atoms with Crippen LogP contribution < -0.4 is 9.91 Å². The summed E-state index contributed by atoms with van der Waals surface area (Å²) in [5.41, 5.74) is 3.06. The molecule has 4 rings (SSSR count). The first-order chi connectivity index (χ1) is 11.9. The molecule has 0 N–H and O–H groups in total. The molecule has 5 nitrogen and oxygen atoms in total. The van der Waals surface area contributed by atoms with Crippen molar-refractivity contribution < 1.29 is 0 Å². The smallest absolute Gasteiger partial charge is 0.177 e. The predicted molar refractivity (Wildman–Crippen MR) is 96.1 cm³/mol. The maximum absolute atomic E-state index is 4.78. The van der Waals surface area contributed by atoms with Gasteiger partial charge in [0.25, 0.3) is 0 Å². The number of para-hydroxylation sites is 2. The molecule has 0 atom stereocenters. The summed E-state index contributed by atoms with van der Waals surface area (Å²) >= 11 is 0. The zero-order chi connectivity index (χ0) is 16.2. The summed E-state index contributed by atoms with van der Waals surface area (Å²) in [5, 5.41) is 6.77. The first-order valence-electron chi connectivity index (χ1n) is 7.87. The molecular weight excluding hydrogens is 298 g/mol. The Kier molecular flexibility index (Phi) is 3.90. The molecule has 3 aromatic rings. The van der Waals surface area contributed by atoms with Crippen LogP contribution in [0.3, 0.4) is 0 Å². The maximum Gasteiger partial charge on any atom is 0.177 e. The number of hydrazone groups is 1. The molecule has 0 radical (unpaired) electrons. The predicted octanol–water partition coefficient (Wildman–Crippen LogP) is 3.17. The monoisotopic (exact) mass is 315 g/mol. The van der Waals surface area contributed by atoms with Crippen molar-refractivity contribution in [3.05, 3.63) is 84.9 Å². The van der Waals surface area contributed by atoms with Crippen LogP contribution >= 0.6 is 0 Å². The van der Waals surface area contributed by atoms with Crippen LogP contribution in [-0.2, 0) is 0 Å². The van der Waals surface area contributed by atoms with Crippen molar-refractivity contribution in [1.82, 2.24) is 9.97 Å². The molecule has 0 amide bonds. The fourth-order valence-electron chi connectivity index (χ4n) is 2.72. The van der Waals surface area contributed by atoms with Crippen molar-refractivity contribution in [3.8, 4) is 0 Å². The highest BCUT2D eigenvalue weighted by atomic mass is 15.5. The van der Waals surface area contributed by atoms with Crippen molar-refractivity contribution in [2.45, 2.75) is 0 Å². The molecule has 0 fully saturated rings. The quantitative estimate of drug-likeness (QED) is 0.745. The summed E-state index contributed by atoms with van der Waals surface area (Å²) in [7, 11) is 0. The Labute approximate surface area is 140 Å². The van der Waals surface area contributed by atoms with E-state index in [1.54, 1.807) is 12.4 Å². The van der Waals surface area contributed by atoms with Crippen molar-refractivity contribution in [1.29, 1.82) is 0 Å². The zero-order valence-electron chi connectivity index (χ0n) is 13.2. The second kappa shape index (κ2) is 6.50. The Morgan fingerprint density at radius 2 is 1.33 bits per heavy atom. The van der Waals surface area contributed by atoms with Crippen LogP contribution in [-0.4, -0.2) is 28.9 Å². The van der Waals surface area contributed by atoms with Crippen molar-refractivity contribution >= 4 is 17.1 Å². The standard InChI is InChI=1S/C19H17N5/c1-3-8-16(9-4-1)23-14-18(19-20-12-7-13-21-19)22-24(15-23)17-10-5-2-6-11-17/h1-13H,14-15H2. The summed E-state index contributed by atoms with van der Waals surface area (Å²) in [5.74, 6) is 0.666. The summed E-state index contributed by atoms with van der Waals surface area (Å²) in [4.78, 5) is 11.0. The molecule has 24 heavy (non-hydrogen) atoms. The average molecular weight is 315 g/mol. The highest BCUT2D eigenvalue weighted by molar-refractivity contribution is 6.01. The van der Waals surface area contributed by atoms with E-state index in [1.807, 2.05) is 47.5 Å². The van der Waals surface area contributed by atoms with Gasteiger partial charge in [-0.15, -0.1) is 0 Å². The van der Waals surface area contributed by atoms with E-state index < -0.39 is 0 Å².